The van der Waals surface area contributed by atoms with E-state index in [0.717, 1.165) is 5.39 Å². The molecule has 7 heteroatoms. The van der Waals surface area contributed by atoms with Crippen LogP contribution < -0.4 is 16.3 Å². The molecule has 3 N–H and O–H groups in total. The van der Waals surface area contributed by atoms with Gasteiger partial charge >= 0.3 is 17.6 Å². The van der Waals surface area contributed by atoms with Crippen LogP contribution in [-0.2, 0) is 4.79 Å². The highest BCUT2D eigenvalue weighted by Gasteiger charge is 2.23. The van der Waals surface area contributed by atoms with Gasteiger partial charge in [0.25, 0.3) is 0 Å². The summed E-state index contributed by atoms with van der Waals surface area (Å²) in [7, 11) is 0. The van der Waals surface area contributed by atoms with E-state index in [-0.39, 0.29) is 5.92 Å². The normalized spacial score (nSPS) is 12.0. The summed E-state index contributed by atoms with van der Waals surface area (Å²) in [5.41, 5.74) is 1.61. The first-order chi connectivity index (χ1) is 13.3. The number of hydrogen-bond donors (Lipinski definition) is 3. The first kappa shape index (κ1) is 19.2. The Labute approximate surface area is 161 Å². The molecule has 0 radical (unpaired) electrons. The van der Waals surface area contributed by atoms with Crippen molar-refractivity contribution in [2.24, 2.45) is 5.92 Å². The molecular weight excluding hydrogens is 360 g/mol. The number of fused-ring (bicyclic) bond motifs is 1. The lowest BCUT2D eigenvalue weighted by atomic mass is 10.1. The van der Waals surface area contributed by atoms with Crippen LogP contribution in [0.2, 0.25) is 0 Å². The molecule has 2 amide bonds. The Morgan fingerprint density at radius 2 is 1.71 bits per heavy atom. The average Bonchev–Trinajstić information content (AvgIpc) is 2.66. The van der Waals surface area contributed by atoms with Crippen molar-refractivity contribution in [2.45, 2.75) is 19.9 Å². The summed E-state index contributed by atoms with van der Waals surface area (Å²) in [5.74, 6) is -1.35. The number of aliphatic carboxylic acids is 1. The number of nitrogens with one attached hydrogen (secondary N) is 2. The number of rotatable bonds is 5. The molecule has 0 saturated heterocycles. The Hall–Kier alpha value is -3.61. The van der Waals surface area contributed by atoms with Gasteiger partial charge in [-0.2, -0.15) is 0 Å². The van der Waals surface area contributed by atoms with E-state index in [0.29, 0.717) is 22.4 Å². The molecule has 0 fully saturated rings. The summed E-state index contributed by atoms with van der Waals surface area (Å²) in [4.78, 5) is 35.5. The fourth-order valence-electron chi connectivity index (χ4n) is 2.82. The van der Waals surface area contributed by atoms with E-state index in [1.54, 1.807) is 56.3 Å². The molecule has 0 aliphatic rings. The minimum Gasteiger partial charge on any atom is -0.480 e. The molecule has 0 bridgehead atoms. The highest BCUT2D eigenvalue weighted by molar-refractivity contribution is 5.92. The first-order valence-electron chi connectivity index (χ1n) is 8.79. The van der Waals surface area contributed by atoms with Gasteiger partial charge < -0.3 is 20.2 Å². The van der Waals surface area contributed by atoms with Crippen molar-refractivity contribution >= 4 is 28.7 Å². The van der Waals surface area contributed by atoms with Crippen LogP contribution in [0.5, 0.6) is 0 Å². The predicted molar refractivity (Wildman–Crippen MR) is 106 cm³/mol. The van der Waals surface area contributed by atoms with Gasteiger partial charge in [0.05, 0.1) is 5.56 Å². The number of carboxylic acid groups (broad SMARTS) is 1. The van der Waals surface area contributed by atoms with Gasteiger partial charge in [0.2, 0.25) is 0 Å². The van der Waals surface area contributed by atoms with Crippen LogP contribution in [0, 0.1) is 5.92 Å². The van der Waals surface area contributed by atoms with E-state index in [1.165, 1.54) is 0 Å². The van der Waals surface area contributed by atoms with Crippen LogP contribution in [0.15, 0.2) is 63.8 Å². The topological polar surface area (TPSA) is 109 Å². The van der Waals surface area contributed by atoms with E-state index in [1.807, 2.05) is 12.1 Å². The minimum atomic E-state index is -1.09. The van der Waals surface area contributed by atoms with Gasteiger partial charge in [0.1, 0.15) is 11.6 Å². The molecule has 1 heterocycles. The second-order valence-electron chi connectivity index (χ2n) is 6.72. The highest BCUT2D eigenvalue weighted by atomic mass is 16.4. The first-order valence-corrected chi connectivity index (χ1v) is 8.79. The predicted octanol–water partition coefficient (Wildman–Crippen LogP) is 3.69. The molecule has 1 atom stereocenters. The molecule has 7 nitrogen and oxygen atoms in total. The lowest BCUT2D eigenvalue weighted by molar-refractivity contribution is -0.140. The van der Waals surface area contributed by atoms with Gasteiger partial charge in [-0.05, 0) is 35.7 Å². The molecule has 3 rings (SSSR count). The molecule has 0 saturated carbocycles. The van der Waals surface area contributed by atoms with E-state index in [2.05, 4.69) is 10.6 Å². The number of carboxylic acids is 1. The second-order valence-corrected chi connectivity index (χ2v) is 6.72. The van der Waals surface area contributed by atoms with E-state index in [4.69, 9.17) is 9.52 Å². The zero-order valence-electron chi connectivity index (χ0n) is 15.4. The maximum atomic E-state index is 12.2. The third-order valence-corrected chi connectivity index (χ3v) is 4.31. The summed E-state index contributed by atoms with van der Waals surface area (Å²) >= 11 is 0. The third-order valence-electron chi connectivity index (χ3n) is 4.31. The molecule has 2 aromatic carbocycles. The van der Waals surface area contributed by atoms with Crippen LogP contribution >= 0.6 is 0 Å². The van der Waals surface area contributed by atoms with Gasteiger partial charge in [0, 0.05) is 11.1 Å². The maximum Gasteiger partial charge on any atom is 0.344 e. The van der Waals surface area contributed by atoms with Crippen molar-refractivity contribution in [3.05, 3.63) is 65.0 Å². The third kappa shape index (κ3) is 4.20. The van der Waals surface area contributed by atoms with Gasteiger partial charge in [-0.3, -0.25) is 0 Å². The second kappa shape index (κ2) is 7.96. The summed E-state index contributed by atoms with van der Waals surface area (Å²) in [6.45, 7) is 3.42. The standard InChI is InChI=1S/C21H20N2O5/c1-12(2)18(19(24)25)23-21(27)22-15-9-7-13(8-10-15)16-11-14-5-3-4-6-17(14)28-20(16)26/h3-12,18H,1-2H3,(H,24,25)(H2,22,23,27). The molecule has 144 valence electrons. The SMILES string of the molecule is CC(C)C(NC(=O)Nc1ccc(-c2cc3ccccc3oc2=O)cc1)C(=O)O. The number of hydrogen-bond acceptors (Lipinski definition) is 4. The van der Waals surface area contributed by atoms with Gasteiger partial charge in [-0.15, -0.1) is 0 Å². The number of urea groups is 1. The fraction of sp³-hybridized carbons (Fsp3) is 0.190. The number of anilines is 1. The van der Waals surface area contributed by atoms with E-state index in [9.17, 15) is 14.4 Å². The number of para-hydroxylation sites is 1. The number of amides is 2. The quantitative estimate of drug-likeness (QED) is 0.585. The molecule has 1 unspecified atom stereocenters. The fourth-order valence-corrected chi connectivity index (χ4v) is 2.82. The van der Waals surface area contributed by atoms with Crippen molar-refractivity contribution < 1.29 is 19.1 Å². The van der Waals surface area contributed by atoms with Crippen molar-refractivity contribution in [2.75, 3.05) is 5.32 Å². The summed E-state index contributed by atoms with van der Waals surface area (Å²) in [5, 5.41) is 15.0. The van der Waals surface area contributed by atoms with Crippen LogP contribution in [0.4, 0.5) is 10.5 Å². The maximum absolute atomic E-state index is 12.2. The Morgan fingerprint density at radius 3 is 2.36 bits per heavy atom. The Bertz CT molecular complexity index is 1070. The smallest absolute Gasteiger partial charge is 0.344 e. The Morgan fingerprint density at radius 1 is 1.04 bits per heavy atom. The summed E-state index contributed by atoms with van der Waals surface area (Å²) in [6, 6.07) is 14.1. The van der Waals surface area contributed by atoms with E-state index < -0.39 is 23.7 Å². The van der Waals surface area contributed by atoms with Crippen LogP contribution in [0.25, 0.3) is 22.1 Å². The molecule has 0 aliphatic carbocycles. The lowest BCUT2D eigenvalue weighted by Crippen LogP contribution is -2.46. The molecular formula is C21H20N2O5. The van der Waals surface area contributed by atoms with Crippen LogP contribution in [0.3, 0.4) is 0 Å². The monoisotopic (exact) mass is 380 g/mol. The van der Waals surface area contributed by atoms with E-state index >= 15 is 0 Å². The van der Waals surface area contributed by atoms with Crippen molar-refractivity contribution in [1.29, 1.82) is 0 Å². The Kier molecular flexibility index (Phi) is 5.44. The van der Waals surface area contributed by atoms with Gasteiger partial charge in [0.15, 0.2) is 0 Å². The minimum absolute atomic E-state index is 0.252. The van der Waals surface area contributed by atoms with Crippen molar-refractivity contribution in [1.82, 2.24) is 5.32 Å². The van der Waals surface area contributed by atoms with Gasteiger partial charge in [-0.1, -0.05) is 44.2 Å². The zero-order chi connectivity index (χ0) is 20.3. The van der Waals surface area contributed by atoms with Crippen LogP contribution in [-0.4, -0.2) is 23.1 Å². The molecule has 1 aromatic heterocycles. The van der Waals surface area contributed by atoms with Gasteiger partial charge in [-0.25, -0.2) is 14.4 Å². The summed E-state index contributed by atoms with van der Waals surface area (Å²) in [6.07, 6.45) is 0. The average molecular weight is 380 g/mol. The van der Waals surface area contributed by atoms with Crippen molar-refractivity contribution in [3.63, 3.8) is 0 Å². The number of carbonyl (C=O) groups is 2. The number of carbonyl (C=O) groups excluding carboxylic acids is 1. The number of benzene rings is 2. The molecule has 0 aliphatic heterocycles. The lowest BCUT2D eigenvalue weighted by Gasteiger charge is -2.18. The van der Waals surface area contributed by atoms with Crippen LogP contribution in [0.1, 0.15) is 13.8 Å². The Balaban J connectivity index is 1.77. The zero-order valence-corrected chi connectivity index (χ0v) is 15.4. The summed E-state index contributed by atoms with van der Waals surface area (Å²) < 4.78 is 5.34. The largest absolute Gasteiger partial charge is 0.480 e. The molecule has 3 aromatic rings. The molecule has 0 spiro atoms. The van der Waals surface area contributed by atoms with Crippen molar-refractivity contribution in [3.8, 4) is 11.1 Å². The molecule has 28 heavy (non-hydrogen) atoms. The highest BCUT2D eigenvalue weighted by Crippen LogP contribution is 2.22.